The summed E-state index contributed by atoms with van der Waals surface area (Å²) in [4.78, 5) is 0. The van der Waals surface area contributed by atoms with Gasteiger partial charge in [-0.25, -0.2) is 0 Å². The molecule has 0 spiro atoms. The van der Waals surface area contributed by atoms with E-state index in [0.29, 0.717) is 0 Å². The number of hydrogen-bond donors (Lipinski definition) is 0. The summed E-state index contributed by atoms with van der Waals surface area (Å²) < 4.78 is 12.8. The molecule has 0 radical (unpaired) electrons. The van der Waals surface area contributed by atoms with Crippen LogP contribution in [0.5, 0.6) is 0 Å². The zero-order valence-electron chi connectivity index (χ0n) is 26.5. The van der Waals surface area contributed by atoms with E-state index in [1.165, 1.54) is 179 Å². The summed E-state index contributed by atoms with van der Waals surface area (Å²) in [5.41, 5.74) is 0. The van der Waals surface area contributed by atoms with Gasteiger partial charge in [0.1, 0.15) is 0 Å². The Labute approximate surface area is 237 Å². The first-order chi connectivity index (χ1) is 18.2. The minimum absolute atomic E-state index is 0.822. The van der Waals surface area contributed by atoms with E-state index in [9.17, 15) is 0 Å². The van der Waals surface area contributed by atoms with Gasteiger partial charge in [0.25, 0.3) is 0 Å². The highest BCUT2D eigenvalue weighted by Crippen LogP contribution is 2.26. The van der Waals surface area contributed by atoms with Gasteiger partial charge in [0, 0.05) is 13.2 Å². The van der Waals surface area contributed by atoms with Crippen molar-refractivity contribution >= 4 is 8.56 Å². The molecule has 0 atom stereocenters. The molecule has 0 bridgehead atoms. The molecule has 0 aliphatic rings. The lowest BCUT2D eigenvalue weighted by atomic mass is 10.0. The van der Waals surface area contributed by atoms with Gasteiger partial charge in [0.05, 0.1) is 0 Å². The second-order valence-corrected chi connectivity index (χ2v) is 15.2. The van der Waals surface area contributed by atoms with Crippen LogP contribution in [-0.4, -0.2) is 21.8 Å². The van der Waals surface area contributed by atoms with Gasteiger partial charge in [-0.15, -0.1) is 0 Å². The lowest BCUT2D eigenvalue weighted by molar-refractivity contribution is 0.180. The number of hydrogen-bond acceptors (Lipinski definition) is 2. The maximum Gasteiger partial charge on any atom is 0.338 e. The molecule has 37 heavy (non-hydrogen) atoms. The molecule has 224 valence electrons. The fourth-order valence-electron chi connectivity index (χ4n) is 5.81. The second kappa shape index (κ2) is 30.7. The topological polar surface area (TPSA) is 18.5 Å². The predicted molar refractivity (Wildman–Crippen MR) is 170 cm³/mol. The van der Waals surface area contributed by atoms with Crippen LogP contribution in [0.2, 0.25) is 12.1 Å². The highest BCUT2D eigenvalue weighted by Gasteiger charge is 2.35. The van der Waals surface area contributed by atoms with E-state index in [-0.39, 0.29) is 0 Å². The van der Waals surface area contributed by atoms with E-state index in [1.54, 1.807) is 0 Å². The van der Waals surface area contributed by atoms with Crippen molar-refractivity contribution in [1.29, 1.82) is 0 Å². The Morgan fingerprint density at radius 1 is 0.297 bits per heavy atom. The van der Waals surface area contributed by atoms with Crippen LogP contribution in [-0.2, 0) is 8.85 Å². The molecule has 0 saturated heterocycles. The third kappa shape index (κ3) is 26.1. The van der Waals surface area contributed by atoms with Crippen molar-refractivity contribution in [2.75, 3.05) is 13.2 Å². The molecule has 0 heterocycles. The highest BCUT2D eigenvalue weighted by atomic mass is 28.4. The third-order valence-corrected chi connectivity index (χ3v) is 12.0. The zero-order valence-corrected chi connectivity index (χ0v) is 27.5. The smallest absolute Gasteiger partial charge is 0.338 e. The van der Waals surface area contributed by atoms with Gasteiger partial charge < -0.3 is 8.85 Å². The van der Waals surface area contributed by atoms with Crippen LogP contribution >= 0.6 is 0 Å². The molecule has 0 aromatic carbocycles. The predicted octanol–water partition coefficient (Wildman–Crippen LogP) is 12.7. The second-order valence-electron chi connectivity index (χ2n) is 11.8. The summed E-state index contributed by atoms with van der Waals surface area (Å²) in [5.74, 6) is 0. The van der Waals surface area contributed by atoms with E-state index in [1.807, 2.05) is 0 Å². The molecule has 0 saturated carbocycles. The van der Waals surface area contributed by atoms with Gasteiger partial charge in [-0.1, -0.05) is 181 Å². The lowest BCUT2D eigenvalue weighted by Gasteiger charge is -2.30. The monoisotopic (exact) mass is 541 g/mol. The lowest BCUT2D eigenvalue weighted by Crippen LogP contribution is -2.42. The van der Waals surface area contributed by atoms with E-state index in [0.717, 1.165) is 13.2 Å². The Bertz CT molecular complexity index is 409. The van der Waals surface area contributed by atoms with Crippen LogP contribution in [0.15, 0.2) is 0 Å². The van der Waals surface area contributed by atoms with Crippen molar-refractivity contribution in [2.45, 2.75) is 207 Å². The Morgan fingerprint density at radius 2 is 0.514 bits per heavy atom. The largest absolute Gasteiger partial charge is 0.394 e. The average molecular weight is 541 g/mol. The zero-order chi connectivity index (χ0) is 27.1. The average Bonchev–Trinajstić information content (AvgIpc) is 2.90. The first kappa shape index (κ1) is 37.1. The summed E-state index contributed by atoms with van der Waals surface area (Å²) in [7, 11) is -1.99. The van der Waals surface area contributed by atoms with Gasteiger partial charge in [-0.05, 0) is 25.9 Å². The van der Waals surface area contributed by atoms with Crippen LogP contribution in [0.3, 0.4) is 0 Å². The Balaban J connectivity index is 3.76. The van der Waals surface area contributed by atoms with Crippen LogP contribution in [0, 0.1) is 0 Å². The van der Waals surface area contributed by atoms with Crippen molar-refractivity contribution < 1.29 is 8.85 Å². The van der Waals surface area contributed by atoms with E-state index < -0.39 is 8.56 Å². The van der Waals surface area contributed by atoms with Gasteiger partial charge in [-0.3, -0.25) is 0 Å². The quantitative estimate of drug-likeness (QED) is 0.0623. The first-order valence-electron chi connectivity index (χ1n) is 17.5. The van der Waals surface area contributed by atoms with Crippen molar-refractivity contribution in [1.82, 2.24) is 0 Å². The molecular weight excluding hydrogens is 468 g/mol. The summed E-state index contributed by atoms with van der Waals surface area (Å²) in [6, 6.07) is 2.43. The van der Waals surface area contributed by atoms with E-state index >= 15 is 0 Å². The highest BCUT2D eigenvalue weighted by molar-refractivity contribution is 6.67. The molecule has 0 aliphatic heterocycles. The van der Waals surface area contributed by atoms with E-state index in [2.05, 4.69) is 27.7 Å². The van der Waals surface area contributed by atoms with Gasteiger partial charge in [0.2, 0.25) is 0 Å². The minimum Gasteiger partial charge on any atom is -0.394 e. The van der Waals surface area contributed by atoms with Gasteiger partial charge >= 0.3 is 8.56 Å². The molecule has 0 aromatic heterocycles. The van der Waals surface area contributed by atoms with Gasteiger partial charge in [0.15, 0.2) is 0 Å². The van der Waals surface area contributed by atoms with Crippen molar-refractivity contribution in [2.24, 2.45) is 0 Å². The molecule has 0 aliphatic carbocycles. The van der Waals surface area contributed by atoms with Crippen molar-refractivity contribution in [3.8, 4) is 0 Å². The maximum absolute atomic E-state index is 6.39. The third-order valence-electron chi connectivity index (χ3n) is 8.14. The molecule has 0 rings (SSSR count). The minimum atomic E-state index is -1.99. The molecule has 2 nitrogen and oxygen atoms in total. The summed E-state index contributed by atoms with van der Waals surface area (Å²) >= 11 is 0. The van der Waals surface area contributed by atoms with Crippen molar-refractivity contribution in [3.05, 3.63) is 0 Å². The standard InChI is InChI=1S/C34H72O2Si/c1-5-9-11-13-15-17-19-20-21-22-23-24-26-28-30-32-34-37(35-7-3,36-8-4)33-31-29-27-25-18-16-14-12-10-6-2/h5-34H2,1-4H3. The SMILES string of the molecule is CCCCCCCCCCCCCCCCCC[Si](CCCCCCCCCCCC)(OCC)OCC. The summed E-state index contributed by atoms with van der Waals surface area (Å²) in [6.45, 7) is 10.6. The molecule has 0 unspecified atom stereocenters. The number of unbranched alkanes of at least 4 members (excludes halogenated alkanes) is 24. The van der Waals surface area contributed by atoms with Crippen LogP contribution in [0.25, 0.3) is 0 Å². The number of rotatable bonds is 32. The molecule has 0 N–H and O–H groups in total. The first-order valence-corrected chi connectivity index (χ1v) is 19.8. The van der Waals surface area contributed by atoms with Crippen LogP contribution in [0.1, 0.15) is 195 Å². The molecule has 0 aromatic rings. The Hall–Kier alpha value is 0.137. The molecular formula is C34H72O2Si. The maximum atomic E-state index is 6.39. The van der Waals surface area contributed by atoms with Crippen LogP contribution < -0.4 is 0 Å². The van der Waals surface area contributed by atoms with Crippen LogP contribution in [0.4, 0.5) is 0 Å². The molecule has 0 amide bonds. The van der Waals surface area contributed by atoms with Gasteiger partial charge in [-0.2, -0.15) is 0 Å². The fourth-order valence-corrected chi connectivity index (χ4v) is 9.35. The summed E-state index contributed by atoms with van der Waals surface area (Å²) in [6.07, 6.45) is 36.9. The molecule has 0 fully saturated rings. The van der Waals surface area contributed by atoms with Crippen molar-refractivity contribution in [3.63, 3.8) is 0 Å². The Kier molecular flexibility index (Phi) is 30.8. The Morgan fingerprint density at radius 3 is 0.730 bits per heavy atom. The normalized spacial score (nSPS) is 12.0. The molecule has 3 heteroatoms. The van der Waals surface area contributed by atoms with E-state index in [4.69, 9.17) is 8.85 Å². The summed E-state index contributed by atoms with van der Waals surface area (Å²) in [5, 5.41) is 0. The fraction of sp³-hybridized carbons (Fsp3) is 1.00.